The van der Waals surface area contributed by atoms with Gasteiger partial charge in [0.1, 0.15) is 5.02 Å². The molecule has 8 nitrogen and oxygen atoms in total. The number of piperazine rings is 1. The zero-order chi connectivity index (χ0) is 23.0. The third kappa shape index (κ3) is 4.57. The molecule has 2 aromatic carbocycles. The van der Waals surface area contributed by atoms with E-state index >= 15 is 0 Å². The van der Waals surface area contributed by atoms with Crippen molar-refractivity contribution in [1.82, 2.24) is 9.29 Å². The van der Waals surface area contributed by atoms with Crippen molar-refractivity contribution in [2.24, 2.45) is 0 Å². The van der Waals surface area contributed by atoms with E-state index in [1.165, 1.54) is 27.8 Å². The van der Waals surface area contributed by atoms with E-state index in [9.17, 15) is 18.5 Å². The summed E-state index contributed by atoms with van der Waals surface area (Å²) in [5.74, 6) is 0. The quantitative estimate of drug-likeness (QED) is 0.331. The van der Waals surface area contributed by atoms with Crippen molar-refractivity contribution in [2.75, 3.05) is 31.1 Å². The van der Waals surface area contributed by atoms with E-state index < -0.39 is 20.6 Å². The van der Waals surface area contributed by atoms with Crippen molar-refractivity contribution in [1.29, 1.82) is 0 Å². The van der Waals surface area contributed by atoms with Crippen molar-refractivity contribution in [3.63, 3.8) is 0 Å². The molecule has 1 aliphatic heterocycles. The number of anilines is 1. The van der Waals surface area contributed by atoms with Crippen LogP contribution in [0.1, 0.15) is 0 Å². The molecule has 1 saturated heterocycles. The average molecular weight is 534 g/mol. The maximum absolute atomic E-state index is 13.0. The zero-order valence-electron chi connectivity index (χ0n) is 16.2. The van der Waals surface area contributed by atoms with Gasteiger partial charge in [-0.1, -0.05) is 40.9 Å². The van der Waals surface area contributed by atoms with Crippen LogP contribution in [0.4, 0.5) is 10.8 Å². The van der Waals surface area contributed by atoms with Crippen LogP contribution < -0.4 is 4.90 Å². The number of hydrogen-bond donors (Lipinski definition) is 0. The zero-order valence-corrected chi connectivity index (χ0v) is 20.1. The molecule has 0 amide bonds. The van der Waals surface area contributed by atoms with Gasteiger partial charge < -0.3 is 4.90 Å². The molecule has 1 aliphatic rings. The van der Waals surface area contributed by atoms with Crippen LogP contribution in [0.15, 0.2) is 46.7 Å². The van der Waals surface area contributed by atoms with Crippen molar-refractivity contribution < 1.29 is 13.3 Å². The second-order valence-corrected chi connectivity index (χ2v) is 10.9. The molecule has 13 heteroatoms. The Labute approximate surface area is 203 Å². The number of sulfonamides is 1. The van der Waals surface area contributed by atoms with Crippen LogP contribution in [-0.4, -0.2) is 48.8 Å². The van der Waals surface area contributed by atoms with Crippen LogP contribution in [0.5, 0.6) is 0 Å². The summed E-state index contributed by atoms with van der Waals surface area (Å²) in [5.41, 5.74) is 1.16. The van der Waals surface area contributed by atoms with Crippen LogP contribution >= 0.6 is 46.1 Å². The first kappa shape index (κ1) is 23.2. The molecule has 0 spiro atoms. The second-order valence-electron chi connectivity index (χ2n) is 6.91. The van der Waals surface area contributed by atoms with Gasteiger partial charge in [-0.2, -0.15) is 4.31 Å². The van der Waals surface area contributed by atoms with E-state index in [0.717, 1.165) is 22.5 Å². The third-order valence-electron chi connectivity index (χ3n) is 4.97. The van der Waals surface area contributed by atoms with Gasteiger partial charge in [-0.3, -0.25) is 10.1 Å². The lowest BCUT2D eigenvalue weighted by Gasteiger charge is -2.33. The Hall–Kier alpha value is -1.95. The van der Waals surface area contributed by atoms with Gasteiger partial charge in [-0.15, -0.1) is 11.3 Å². The predicted molar refractivity (Wildman–Crippen MR) is 127 cm³/mol. The van der Waals surface area contributed by atoms with Gasteiger partial charge in [0.15, 0.2) is 5.13 Å². The molecule has 32 heavy (non-hydrogen) atoms. The molecule has 0 unspecified atom stereocenters. The fraction of sp³-hybridized carbons (Fsp3) is 0.211. The predicted octanol–water partition coefficient (Wildman–Crippen LogP) is 5.19. The Balaban J connectivity index is 1.47. The summed E-state index contributed by atoms with van der Waals surface area (Å²) in [4.78, 5) is 16.9. The highest BCUT2D eigenvalue weighted by molar-refractivity contribution is 7.89. The minimum Gasteiger partial charge on any atom is -0.345 e. The molecule has 0 atom stereocenters. The van der Waals surface area contributed by atoms with Gasteiger partial charge in [0.2, 0.25) is 10.0 Å². The van der Waals surface area contributed by atoms with Crippen LogP contribution in [-0.2, 0) is 10.0 Å². The van der Waals surface area contributed by atoms with Crippen molar-refractivity contribution in [3.05, 3.63) is 67.0 Å². The lowest BCUT2D eigenvalue weighted by atomic mass is 10.2. The van der Waals surface area contributed by atoms with Crippen LogP contribution in [0.25, 0.3) is 11.3 Å². The topological polar surface area (TPSA) is 96.6 Å². The lowest BCUT2D eigenvalue weighted by molar-refractivity contribution is -0.384. The number of halogens is 3. The van der Waals surface area contributed by atoms with E-state index in [1.807, 2.05) is 16.3 Å². The molecule has 0 N–H and O–H groups in total. The number of hydrogen-bond acceptors (Lipinski definition) is 7. The summed E-state index contributed by atoms with van der Waals surface area (Å²) in [5, 5.41) is 14.6. The normalized spacial score (nSPS) is 15.2. The molecule has 2 heterocycles. The number of nitro groups is 1. The molecule has 0 bridgehead atoms. The molecule has 0 aliphatic carbocycles. The molecule has 168 valence electrons. The highest BCUT2D eigenvalue weighted by Gasteiger charge is 2.31. The monoisotopic (exact) mass is 532 g/mol. The Kier molecular flexibility index (Phi) is 6.62. The Morgan fingerprint density at radius 3 is 2.31 bits per heavy atom. The van der Waals surface area contributed by atoms with E-state index in [-0.39, 0.29) is 23.0 Å². The minimum atomic E-state index is -3.89. The Bertz CT molecular complexity index is 1290. The van der Waals surface area contributed by atoms with Crippen molar-refractivity contribution >= 4 is 67.0 Å². The fourth-order valence-corrected chi connectivity index (χ4v) is 6.08. The van der Waals surface area contributed by atoms with E-state index in [2.05, 4.69) is 4.98 Å². The molecular weight excluding hydrogens is 519 g/mol. The van der Waals surface area contributed by atoms with Crippen molar-refractivity contribution in [3.8, 4) is 11.3 Å². The molecule has 3 aromatic rings. The highest BCUT2D eigenvalue weighted by atomic mass is 35.5. The van der Waals surface area contributed by atoms with Gasteiger partial charge >= 0.3 is 0 Å². The highest BCUT2D eigenvalue weighted by Crippen LogP contribution is 2.33. The Morgan fingerprint density at radius 1 is 0.969 bits per heavy atom. The first-order chi connectivity index (χ1) is 15.2. The molecule has 0 radical (unpaired) electrons. The fourth-order valence-electron chi connectivity index (χ4n) is 3.26. The largest absolute Gasteiger partial charge is 0.345 e. The number of rotatable bonds is 5. The number of benzene rings is 2. The van der Waals surface area contributed by atoms with Gasteiger partial charge in [0, 0.05) is 43.2 Å². The van der Waals surface area contributed by atoms with Gasteiger partial charge in [-0.05, 0) is 24.3 Å². The first-order valence-electron chi connectivity index (χ1n) is 9.27. The lowest BCUT2D eigenvalue weighted by Crippen LogP contribution is -2.48. The number of nitrogens with zero attached hydrogens (tertiary/aromatic N) is 4. The number of aromatic nitrogens is 1. The van der Waals surface area contributed by atoms with Gasteiger partial charge in [0.25, 0.3) is 5.69 Å². The molecular formula is C19H15Cl3N4O4S2. The minimum absolute atomic E-state index is 0.111. The summed E-state index contributed by atoms with van der Waals surface area (Å²) in [6.07, 6.45) is 0. The van der Waals surface area contributed by atoms with Gasteiger partial charge in [-0.25, -0.2) is 13.4 Å². The molecule has 1 fully saturated rings. The summed E-state index contributed by atoms with van der Waals surface area (Å²) >= 11 is 19.3. The molecule has 4 rings (SSSR count). The summed E-state index contributed by atoms with van der Waals surface area (Å²) in [6.45, 7) is 1.31. The average Bonchev–Trinajstić information content (AvgIpc) is 3.26. The summed E-state index contributed by atoms with van der Waals surface area (Å²) < 4.78 is 27.3. The molecule has 0 saturated carbocycles. The smallest absolute Gasteiger partial charge is 0.289 e. The van der Waals surface area contributed by atoms with E-state index in [0.29, 0.717) is 23.1 Å². The first-order valence-corrected chi connectivity index (χ1v) is 12.7. The summed E-state index contributed by atoms with van der Waals surface area (Å²) in [6, 6.07) is 8.79. The Morgan fingerprint density at radius 2 is 1.66 bits per heavy atom. The standard InChI is InChI=1S/C19H15Cl3N4O4S2/c20-14-3-1-12(9-16(14)22)17-11-31-19(23-17)24-5-7-25(8-6-24)32(29,30)13-2-4-15(21)18(10-13)26(27)28/h1-4,9-11H,5-8H2. The van der Waals surface area contributed by atoms with Crippen LogP contribution in [0.3, 0.4) is 0 Å². The number of nitro benzene ring substituents is 1. The van der Waals surface area contributed by atoms with Crippen molar-refractivity contribution in [2.45, 2.75) is 4.90 Å². The van der Waals surface area contributed by atoms with Crippen LogP contribution in [0, 0.1) is 10.1 Å². The van der Waals surface area contributed by atoms with Crippen LogP contribution in [0.2, 0.25) is 15.1 Å². The number of thiazole rings is 1. The van der Waals surface area contributed by atoms with E-state index in [1.54, 1.807) is 12.1 Å². The maximum Gasteiger partial charge on any atom is 0.289 e. The van der Waals surface area contributed by atoms with E-state index in [4.69, 9.17) is 34.8 Å². The molecule has 1 aromatic heterocycles. The van der Waals surface area contributed by atoms with Gasteiger partial charge in [0.05, 0.1) is 25.6 Å². The summed E-state index contributed by atoms with van der Waals surface area (Å²) in [7, 11) is -3.89. The second kappa shape index (κ2) is 9.12. The SMILES string of the molecule is O=[N+]([O-])c1cc(S(=O)(=O)N2CCN(c3nc(-c4ccc(Cl)c(Cl)c4)cs3)CC2)ccc1Cl. The third-order valence-corrected chi connectivity index (χ3v) is 8.82. The maximum atomic E-state index is 13.0.